The van der Waals surface area contributed by atoms with Crippen molar-refractivity contribution in [3.05, 3.63) is 76.3 Å². The van der Waals surface area contributed by atoms with Crippen LogP contribution in [0.15, 0.2) is 54.6 Å². The van der Waals surface area contributed by atoms with Crippen LogP contribution in [0.4, 0.5) is 11.4 Å². The average Bonchev–Trinajstić information content (AvgIpc) is 3.33. The number of hydrogen-bond acceptors (Lipinski definition) is 4. The van der Waals surface area contributed by atoms with E-state index in [1.54, 1.807) is 0 Å². The molecule has 2 heterocycles. The van der Waals surface area contributed by atoms with E-state index in [1.807, 2.05) is 49.4 Å². The van der Waals surface area contributed by atoms with Crippen molar-refractivity contribution in [2.75, 3.05) is 11.1 Å². The molecule has 1 aliphatic carbocycles. The van der Waals surface area contributed by atoms with Crippen LogP contribution in [0.1, 0.15) is 32.9 Å². The molecule has 0 fully saturated rings. The Kier molecular flexibility index (Phi) is 4.32. The van der Waals surface area contributed by atoms with Gasteiger partial charge in [0.2, 0.25) is 0 Å². The number of nitrogens with zero attached hydrogens (tertiary/aromatic N) is 1. The van der Waals surface area contributed by atoms with E-state index in [1.165, 1.54) is 16.9 Å². The first kappa shape index (κ1) is 17.9. The van der Waals surface area contributed by atoms with Crippen LogP contribution in [-0.2, 0) is 12.8 Å². The number of amides is 1. The Bertz CT molecular complexity index is 1230. The third-order valence-corrected chi connectivity index (χ3v) is 6.58. The molecule has 0 radical (unpaired) electrons. The topological polar surface area (TPSA) is 68.0 Å². The lowest BCUT2D eigenvalue weighted by molar-refractivity contribution is 0.103. The van der Waals surface area contributed by atoms with Crippen molar-refractivity contribution in [2.45, 2.75) is 26.2 Å². The van der Waals surface area contributed by atoms with Crippen LogP contribution in [0.2, 0.25) is 0 Å². The fraction of sp³-hybridized carbons (Fsp3) is 0.167. The Morgan fingerprint density at radius 2 is 1.83 bits per heavy atom. The number of aromatic nitrogens is 1. The second-order valence-corrected chi connectivity index (χ2v) is 8.48. The van der Waals surface area contributed by atoms with Gasteiger partial charge in [0.1, 0.15) is 9.71 Å². The first-order chi connectivity index (χ1) is 14.1. The van der Waals surface area contributed by atoms with E-state index in [-0.39, 0.29) is 5.91 Å². The highest BCUT2D eigenvalue weighted by Crippen LogP contribution is 2.44. The Morgan fingerprint density at radius 3 is 2.59 bits per heavy atom. The van der Waals surface area contributed by atoms with Crippen molar-refractivity contribution in [2.24, 2.45) is 0 Å². The molecule has 1 amide bonds. The van der Waals surface area contributed by atoms with Gasteiger partial charge in [-0.25, -0.2) is 4.98 Å². The Hall–Kier alpha value is -3.18. The molecule has 4 nitrogen and oxygen atoms in total. The van der Waals surface area contributed by atoms with E-state index in [4.69, 9.17) is 10.7 Å². The van der Waals surface area contributed by atoms with Gasteiger partial charge in [0.25, 0.3) is 5.91 Å². The number of pyridine rings is 1. The molecule has 1 aliphatic rings. The quantitative estimate of drug-likeness (QED) is 0.471. The summed E-state index contributed by atoms with van der Waals surface area (Å²) in [5.41, 5.74) is 13.7. The predicted molar refractivity (Wildman–Crippen MR) is 121 cm³/mol. The summed E-state index contributed by atoms with van der Waals surface area (Å²) in [4.78, 5) is 19.2. The summed E-state index contributed by atoms with van der Waals surface area (Å²) in [5, 5.41) is 3.88. The van der Waals surface area contributed by atoms with E-state index in [0.29, 0.717) is 10.6 Å². The van der Waals surface area contributed by atoms with Gasteiger partial charge in [-0.15, -0.1) is 11.3 Å². The van der Waals surface area contributed by atoms with Gasteiger partial charge in [0, 0.05) is 16.8 Å². The highest BCUT2D eigenvalue weighted by Gasteiger charge is 2.26. The van der Waals surface area contributed by atoms with Crippen LogP contribution in [-0.4, -0.2) is 10.9 Å². The molecule has 0 aliphatic heterocycles. The number of thiophene rings is 1. The molecule has 0 saturated carbocycles. The number of nitrogens with one attached hydrogen (secondary N) is 1. The lowest BCUT2D eigenvalue weighted by Gasteiger charge is -2.11. The molecule has 5 heteroatoms. The van der Waals surface area contributed by atoms with Gasteiger partial charge in [-0.1, -0.05) is 48.0 Å². The maximum atomic E-state index is 13.0. The minimum atomic E-state index is -0.187. The van der Waals surface area contributed by atoms with Crippen LogP contribution in [0.5, 0.6) is 0 Å². The van der Waals surface area contributed by atoms with Gasteiger partial charge >= 0.3 is 0 Å². The second kappa shape index (κ2) is 7.01. The summed E-state index contributed by atoms with van der Waals surface area (Å²) in [6.45, 7) is 2.02. The van der Waals surface area contributed by atoms with Crippen LogP contribution in [0.3, 0.4) is 0 Å². The standard InChI is InChI=1S/C24H21N3OS/c1-14-10-12-16(13-11-14)26-23(28)22-21(25)20-19(15-6-3-2-4-7-15)17-8-5-9-18(17)27-24(20)29-22/h2-4,6-7,10-13H,5,8-9,25H2,1H3,(H,26,28). The molecule has 0 spiro atoms. The van der Waals surface area contributed by atoms with Crippen molar-refractivity contribution in [1.82, 2.24) is 4.98 Å². The molecule has 0 atom stereocenters. The third-order valence-electron chi connectivity index (χ3n) is 5.48. The summed E-state index contributed by atoms with van der Waals surface area (Å²) in [6.07, 6.45) is 3.09. The van der Waals surface area contributed by atoms with Crippen molar-refractivity contribution in [1.29, 1.82) is 0 Å². The van der Waals surface area contributed by atoms with Gasteiger partial charge in [-0.3, -0.25) is 4.79 Å². The predicted octanol–water partition coefficient (Wildman–Crippen LogP) is 5.59. The summed E-state index contributed by atoms with van der Waals surface area (Å²) >= 11 is 1.38. The largest absolute Gasteiger partial charge is 0.397 e. The van der Waals surface area contributed by atoms with Crippen LogP contribution in [0, 0.1) is 6.92 Å². The fourth-order valence-electron chi connectivity index (χ4n) is 4.06. The van der Waals surface area contributed by atoms with E-state index < -0.39 is 0 Å². The minimum Gasteiger partial charge on any atom is -0.397 e. The van der Waals surface area contributed by atoms with Gasteiger partial charge in [-0.2, -0.15) is 0 Å². The number of anilines is 2. The average molecular weight is 400 g/mol. The zero-order valence-electron chi connectivity index (χ0n) is 16.2. The molecule has 5 rings (SSSR count). The van der Waals surface area contributed by atoms with Gasteiger partial charge in [0.15, 0.2) is 0 Å². The molecule has 3 N–H and O–H groups in total. The highest BCUT2D eigenvalue weighted by molar-refractivity contribution is 7.21. The SMILES string of the molecule is Cc1ccc(NC(=O)c2sc3nc4c(c(-c5ccccc5)c3c2N)CCC4)cc1. The van der Waals surface area contributed by atoms with Crippen LogP contribution >= 0.6 is 11.3 Å². The first-order valence-corrected chi connectivity index (χ1v) is 10.6. The van der Waals surface area contributed by atoms with Crippen LogP contribution < -0.4 is 11.1 Å². The van der Waals surface area contributed by atoms with Gasteiger partial charge < -0.3 is 11.1 Å². The lowest BCUT2D eigenvalue weighted by atomic mass is 9.96. The van der Waals surface area contributed by atoms with Crippen molar-refractivity contribution < 1.29 is 4.79 Å². The maximum Gasteiger partial charge on any atom is 0.267 e. The zero-order chi connectivity index (χ0) is 20.0. The molecule has 0 unspecified atom stereocenters. The third kappa shape index (κ3) is 3.08. The van der Waals surface area contributed by atoms with Gasteiger partial charge in [-0.05, 0) is 55.0 Å². The molecule has 0 bridgehead atoms. The summed E-state index contributed by atoms with van der Waals surface area (Å²) in [5.74, 6) is -0.187. The van der Waals surface area contributed by atoms with Crippen LogP contribution in [0.25, 0.3) is 21.3 Å². The minimum absolute atomic E-state index is 0.187. The maximum absolute atomic E-state index is 13.0. The number of benzene rings is 2. The number of nitrogens with two attached hydrogens (primary N) is 1. The molecule has 2 aromatic carbocycles. The molecule has 0 saturated heterocycles. The molecule has 29 heavy (non-hydrogen) atoms. The monoisotopic (exact) mass is 399 g/mol. The zero-order valence-corrected chi connectivity index (χ0v) is 17.0. The molecular weight excluding hydrogens is 378 g/mol. The number of hydrogen-bond donors (Lipinski definition) is 2. The molecule has 144 valence electrons. The second-order valence-electron chi connectivity index (χ2n) is 7.48. The summed E-state index contributed by atoms with van der Waals surface area (Å²) < 4.78 is 0. The first-order valence-electron chi connectivity index (χ1n) is 9.79. The Labute approximate surface area is 173 Å². The van der Waals surface area contributed by atoms with E-state index in [2.05, 4.69) is 17.4 Å². The molecular formula is C24H21N3OS. The van der Waals surface area contributed by atoms with E-state index >= 15 is 0 Å². The highest BCUT2D eigenvalue weighted by atomic mass is 32.1. The normalized spacial score (nSPS) is 12.9. The fourth-order valence-corrected chi connectivity index (χ4v) is 5.08. The number of fused-ring (bicyclic) bond motifs is 2. The van der Waals surface area contributed by atoms with Crippen molar-refractivity contribution >= 4 is 38.8 Å². The smallest absolute Gasteiger partial charge is 0.267 e. The Balaban J connectivity index is 1.65. The van der Waals surface area contributed by atoms with E-state index in [9.17, 15) is 4.79 Å². The van der Waals surface area contributed by atoms with E-state index in [0.717, 1.165) is 57.6 Å². The molecule has 2 aromatic heterocycles. The molecule has 4 aromatic rings. The number of aryl methyl sites for hydroxylation is 2. The lowest BCUT2D eigenvalue weighted by Crippen LogP contribution is -2.11. The number of carbonyl (C=O) groups is 1. The van der Waals surface area contributed by atoms with Crippen molar-refractivity contribution in [3.63, 3.8) is 0 Å². The number of carbonyl (C=O) groups excluding carboxylic acids is 1. The number of nitrogen functional groups attached to an aromatic ring is 1. The van der Waals surface area contributed by atoms with Gasteiger partial charge in [0.05, 0.1) is 5.69 Å². The van der Waals surface area contributed by atoms with Crippen molar-refractivity contribution in [3.8, 4) is 11.1 Å². The summed E-state index contributed by atoms with van der Waals surface area (Å²) in [7, 11) is 0. The number of rotatable bonds is 3. The Morgan fingerprint density at radius 1 is 1.07 bits per heavy atom. The summed E-state index contributed by atoms with van der Waals surface area (Å²) in [6, 6.07) is 18.1.